The molecule has 0 aromatic heterocycles. The van der Waals surface area contributed by atoms with Gasteiger partial charge in [0.2, 0.25) is 0 Å². The number of anilines is 1. The standard InChI is InChI=1S/C18H13NO4S2/c1-23-14-4-2-3-13(10-14)19-16(20)15(25-18(19)24)9-11-5-7-12(8-6-11)17(21)22/h2-10H,1H3,(H,21,22)/p-1. The van der Waals surface area contributed by atoms with Crippen molar-refractivity contribution in [2.24, 2.45) is 0 Å². The molecule has 0 aliphatic carbocycles. The summed E-state index contributed by atoms with van der Waals surface area (Å²) in [5.74, 6) is -0.837. The number of amides is 1. The molecular weight excluding hydrogens is 358 g/mol. The average molecular weight is 370 g/mol. The number of nitrogens with zero attached hydrogens (tertiary/aromatic N) is 1. The molecule has 0 radical (unpaired) electrons. The normalized spacial score (nSPS) is 15.7. The molecule has 0 bridgehead atoms. The number of hydrogen-bond donors (Lipinski definition) is 0. The lowest BCUT2D eigenvalue weighted by atomic mass is 10.1. The van der Waals surface area contributed by atoms with E-state index in [0.717, 1.165) is 0 Å². The molecule has 1 aliphatic heterocycles. The lowest BCUT2D eigenvalue weighted by Crippen LogP contribution is -2.27. The molecule has 1 heterocycles. The second-order valence-corrected chi connectivity index (χ2v) is 6.80. The molecule has 3 rings (SSSR count). The first-order valence-corrected chi connectivity index (χ1v) is 8.45. The Bertz CT molecular complexity index is 890. The van der Waals surface area contributed by atoms with Crippen LogP contribution in [-0.2, 0) is 4.79 Å². The van der Waals surface area contributed by atoms with Crippen molar-refractivity contribution in [2.45, 2.75) is 0 Å². The third kappa shape index (κ3) is 3.57. The molecule has 0 atom stereocenters. The van der Waals surface area contributed by atoms with Gasteiger partial charge in [0, 0.05) is 6.07 Å². The minimum Gasteiger partial charge on any atom is -0.545 e. The van der Waals surface area contributed by atoms with Gasteiger partial charge in [-0.05, 0) is 29.3 Å². The molecule has 7 heteroatoms. The monoisotopic (exact) mass is 370 g/mol. The molecule has 1 amide bonds. The Morgan fingerprint density at radius 2 is 1.96 bits per heavy atom. The van der Waals surface area contributed by atoms with E-state index in [1.165, 1.54) is 28.8 Å². The third-order valence-corrected chi connectivity index (χ3v) is 4.85. The van der Waals surface area contributed by atoms with Gasteiger partial charge < -0.3 is 14.6 Å². The number of aromatic carboxylic acids is 1. The van der Waals surface area contributed by atoms with Crippen LogP contribution in [0.1, 0.15) is 15.9 Å². The summed E-state index contributed by atoms with van der Waals surface area (Å²) in [6.07, 6.45) is 1.68. The molecule has 25 heavy (non-hydrogen) atoms. The molecule has 0 N–H and O–H groups in total. The second kappa shape index (κ2) is 7.08. The second-order valence-electron chi connectivity index (χ2n) is 5.13. The number of thioether (sulfide) groups is 1. The molecule has 2 aromatic rings. The number of rotatable bonds is 4. The van der Waals surface area contributed by atoms with Crippen molar-refractivity contribution in [3.8, 4) is 5.75 Å². The van der Waals surface area contributed by atoms with Crippen LogP contribution < -0.4 is 14.7 Å². The Kier molecular flexibility index (Phi) is 4.87. The molecular formula is C18H12NO4S2-. The van der Waals surface area contributed by atoms with Crippen molar-refractivity contribution in [1.82, 2.24) is 0 Å². The van der Waals surface area contributed by atoms with Crippen molar-refractivity contribution in [3.05, 3.63) is 64.6 Å². The van der Waals surface area contributed by atoms with Crippen molar-refractivity contribution >= 4 is 51.9 Å². The van der Waals surface area contributed by atoms with Crippen LogP contribution in [0.25, 0.3) is 6.08 Å². The molecule has 0 spiro atoms. The number of thiocarbonyl (C=S) groups is 1. The smallest absolute Gasteiger partial charge is 0.270 e. The van der Waals surface area contributed by atoms with Gasteiger partial charge in [-0.1, -0.05) is 54.3 Å². The number of carbonyl (C=O) groups is 2. The number of benzene rings is 2. The van der Waals surface area contributed by atoms with E-state index in [4.69, 9.17) is 17.0 Å². The van der Waals surface area contributed by atoms with Crippen LogP contribution in [0.3, 0.4) is 0 Å². The van der Waals surface area contributed by atoms with Crippen molar-refractivity contribution in [2.75, 3.05) is 12.0 Å². The predicted octanol–water partition coefficient (Wildman–Crippen LogP) is 2.46. The van der Waals surface area contributed by atoms with Crippen molar-refractivity contribution in [3.63, 3.8) is 0 Å². The Balaban J connectivity index is 1.88. The maximum absolute atomic E-state index is 12.7. The van der Waals surface area contributed by atoms with Gasteiger partial charge >= 0.3 is 0 Å². The van der Waals surface area contributed by atoms with Crippen LogP contribution in [0.15, 0.2) is 53.4 Å². The number of carboxylic acids is 1. The fraction of sp³-hybridized carbons (Fsp3) is 0.0556. The highest BCUT2D eigenvalue weighted by Gasteiger charge is 2.33. The molecule has 0 unspecified atom stereocenters. The zero-order valence-electron chi connectivity index (χ0n) is 13.1. The summed E-state index contributed by atoms with van der Waals surface area (Å²) in [6, 6.07) is 13.2. The summed E-state index contributed by atoms with van der Waals surface area (Å²) >= 11 is 6.52. The fourth-order valence-electron chi connectivity index (χ4n) is 2.31. The summed E-state index contributed by atoms with van der Waals surface area (Å²) in [5.41, 5.74) is 1.43. The lowest BCUT2D eigenvalue weighted by molar-refractivity contribution is -0.255. The van der Waals surface area contributed by atoms with Gasteiger partial charge in [-0.3, -0.25) is 9.69 Å². The summed E-state index contributed by atoms with van der Waals surface area (Å²) < 4.78 is 5.61. The number of hydrogen-bond acceptors (Lipinski definition) is 6. The first kappa shape index (κ1) is 17.2. The Hall–Kier alpha value is -2.64. The van der Waals surface area contributed by atoms with E-state index in [9.17, 15) is 14.7 Å². The summed E-state index contributed by atoms with van der Waals surface area (Å²) in [4.78, 5) is 25.4. The van der Waals surface area contributed by atoms with Gasteiger partial charge in [0.1, 0.15) is 5.75 Å². The summed E-state index contributed by atoms with van der Waals surface area (Å²) in [5, 5.41) is 10.8. The maximum atomic E-state index is 12.7. The molecule has 1 aliphatic rings. The van der Waals surface area contributed by atoms with Crippen molar-refractivity contribution < 1.29 is 19.4 Å². The molecule has 2 aromatic carbocycles. The number of methoxy groups -OCH3 is 1. The minimum absolute atomic E-state index is 0.0843. The number of carbonyl (C=O) groups excluding carboxylic acids is 2. The fourth-order valence-corrected chi connectivity index (χ4v) is 3.61. The van der Waals surface area contributed by atoms with Crippen LogP contribution in [0.5, 0.6) is 5.75 Å². The number of carboxylic acid groups (broad SMARTS) is 1. The topological polar surface area (TPSA) is 69.7 Å². The Morgan fingerprint density at radius 1 is 1.24 bits per heavy atom. The van der Waals surface area contributed by atoms with Gasteiger partial charge in [0.25, 0.3) is 5.91 Å². The Labute approximate surface area is 153 Å². The highest BCUT2D eigenvalue weighted by Crippen LogP contribution is 2.36. The highest BCUT2D eigenvalue weighted by molar-refractivity contribution is 8.27. The first-order chi connectivity index (χ1) is 12.0. The quantitative estimate of drug-likeness (QED) is 0.608. The largest absolute Gasteiger partial charge is 0.545 e. The van der Waals surface area contributed by atoms with Crippen LogP contribution in [0, 0.1) is 0 Å². The van der Waals surface area contributed by atoms with Gasteiger partial charge in [-0.2, -0.15) is 0 Å². The van der Waals surface area contributed by atoms with Crippen LogP contribution in [0.4, 0.5) is 5.69 Å². The van der Waals surface area contributed by atoms with Gasteiger partial charge in [-0.15, -0.1) is 0 Å². The Morgan fingerprint density at radius 3 is 2.60 bits per heavy atom. The summed E-state index contributed by atoms with van der Waals surface area (Å²) in [7, 11) is 1.56. The van der Waals surface area contributed by atoms with Crippen molar-refractivity contribution in [1.29, 1.82) is 0 Å². The lowest BCUT2D eigenvalue weighted by Gasteiger charge is -2.15. The number of ether oxygens (including phenoxy) is 1. The van der Waals surface area contributed by atoms with Gasteiger partial charge in [0.15, 0.2) is 4.32 Å². The van der Waals surface area contributed by atoms with E-state index in [0.29, 0.717) is 26.2 Å². The molecule has 1 saturated heterocycles. The summed E-state index contributed by atoms with van der Waals surface area (Å²) in [6.45, 7) is 0. The average Bonchev–Trinajstić information content (AvgIpc) is 2.89. The first-order valence-electron chi connectivity index (χ1n) is 7.23. The van der Waals surface area contributed by atoms with Crippen LogP contribution >= 0.6 is 24.0 Å². The third-order valence-electron chi connectivity index (χ3n) is 3.55. The van der Waals surface area contributed by atoms with E-state index in [-0.39, 0.29) is 11.5 Å². The molecule has 1 fully saturated rings. The van der Waals surface area contributed by atoms with Gasteiger partial charge in [0.05, 0.1) is 23.7 Å². The van der Waals surface area contributed by atoms with Gasteiger partial charge in [-0.25, -0.2) is 0 Å². The van der Waals surface area contributed by atoms with E-state index in [1.807, 2.05) is 0 Å². The maximum Gasteiger partial charge on any atom is 0.270 e. The molecule has 0 saturated carbocycles. The van der Waals surface area contributed by atoms with E-state index in [1.54, 1.807) is 49.6 Å². The zero-order valence-corrected chi connectivity index (χ0v) is 14.7. The predicted molar refractivity (Wildman–Crippen MR) is 99.4 cm³/mol. The molecule has 5 nitrogen and oxygen atoms in total. The minimum atomic E-state index is -1.24. The van der Waals surface area contributed by atoms with E-state index >= 15 is 0 Å². The SMILES string of the molecule is COc1cccc(N2C(=O)C(=Cc3ccc(C(=O)[O-])cc3)SC2=S)c1. The van der Waals surface area contributed by atoms with E-state index in [2.05, 4.69) is 0 Å². The molecule has 126 valence electrons. The van der Waals surface area contributed by atoms with Crippen LogP contribution in [-0.4, -0.2) is 23.3 Å². The highest BCUT2D eigenvalue weighted by atomic mass is 32.2. The zero-order chi connectivity index (χ0) is 18.0. The van der Waals surface area contributed by atoms with E-state index < -0.39 is 5.97 Å². The van der Waals surface area contributed by atoms with Crippen LogP contribution in [0.2, 0.25) is 0 Å².